The fourth-order valence-corrected chi connectivity index (χ4v) is 4.15. The fourth-order valence-electron chi connectivity index (χ4n) is 3.42. The zero-order valence-corrected chi connectivity index (χ0v) is 18.5. The Kier molecular flexibility index (Phi) is 6.50. The van der Waals surface area contributed by atoms with Crippen LogP contribution in [0.2, 0.25) is 0 Å². The van der Waals surface area contributed by atoms with Crippen LogP contribution >= 0.6 is 22.6 Å². The Balaban J connectivity index is 1.61. The highest BCUT2D eigenvalue weighted by Gasteiger charge is 2.43. The van der Waals surface area contributed by atoms with Crippen LogP contribution in [-0.2, 0) is 17.8 Å². The summed E-state index contributed by atoms with van der Waals surface area (Å²) in [7, 11) is 0. The molecule has 4 unspecified atom stereocenters. The third kappa shape index (κ3) is 4.37. The van der Waals surface area contributed by atoms with E-state index in [1.54, 1.807) is 12.1 Å². The third-order valence-corrected chi connectivity index (χ3v) is 5.95. The molecule has 2 N–H and O–H groups in total. The first-order valence-corrected chi connectivity index (χ1v) is 11.0. The minimum atomic E-state index is -1.48. The van der Waals surface area contributed by atoms with Crippen molar-refractivity contribution in [1.29, 1.82) is 0 Å². The Morgan fingerprint density at radius 2 is 1.78 bits per heavy atom. The number of aliphatic hydroxyl groups is 2. The van der Waals surface area contributed by atoms with Crippen molar-refractivity contribution in [2.75, 3.05) is 4.43 Å². The molecular formula is C19H18F2IN5O5. The van der Waals surface area contributed by atoms with Crippen LogP contribution in [0.5, 0.6) is 0 Å². The summed E-state index contributed by atoms with van der Waals surface area (Å²) in [5.74, 6) is -1.60. The quantitative estimate of drug-likeness (QED) is 0.322. The number of ether oxygens (including phenoxy) is 1. The van der Waals surface area contributed by atoms with Crippen molar-refractivity contribution in [3.05, 3.63) is 80.4 Å². The van der Waals surface area contributed by atoms with Crippen LogP contribution in [0, 0.1) is 11.6 Å². The summed E-state index contributed by atoms with van der Waals surface area (Å²) >= 11 is 1.95. The van der Waals surface area contributed by atoms with Crippen molar-refractivity contribution in [1.82, 2.24) is 24.1 Å². The van der Waals surface area contributed by atoms with Crippen LogP contribution in [0.3, 0.4) is 0 Å². The number of nitrogens with zero attached hydrogens (tertiary/aromatic N) is 5. The van der Waals surface area contributed by atoms with Gasteiger partial charge in [-0.05, 0) is 17.7 Å². The number of halogens is 3. The molecule has 1 saturated heterocycles. The van der Waals surface area contributed by atoms with E-state index < -0.39 is 41.6 Å². The van der Waals surface area contributed by atoms with Gasteiger partial charge < -0.3 is 14.9 Å². The van der Waals surface area contributed by atoms with Gasteiger partial charge in [0.25, 0.3) is 5.56 Å². The molecule has 32 heavy (non-hydrogen) atoms. The highest BCUT2D eigenvalue weighted by Crippen LogP contribution is 2.29. The van der Waals surface area contributed by atoms with Gasteiger partial charge >= 0.3 is 5.69 Å². The van der Waals surface area contributed by atoms with Gasteiger partial charge in [0.2, 0.25) is 5.82 Å². The largest absolute Gasteiger partial charge is 0.387 e. The lowest BCUT2D eigenvalue weighted by Crippen LogP contribution is -2.44. The van der Waals surface area contributed by atoms with E-state index in [2.05, 4.69) is 10.3 Å². The normalized spacial score (nSPS) is 23.0. The Bertz CT molecular complexity index is 1230. The SMILES string of the molecule is O=c1c(F)cn(C2OC(CI)C(O)C2O)c(=O)n1Cc1cn(Cc2ccc(F)cc2)nn1. The Labute approximate surface area is 192 Å². The molecule has 0 saturated carbocycles. The number of aliphatic hydroxyl groups excluding tert-OH is 2. The van der Waals surface area contributed by atoms with E-state index in [0.717, 1.165) is 10.1 Å². The van der Waals surface area contributed by atoms with E-state index in [9.17, 15) is 28.6 Å². The number of hydrogen-bond donors (Lipinski definition) is 2. The molecule has 0 spiro atoms. The minimum absolute atomic E-state index is 0.210. The molecule has 1 aliphatic rings. The first kappa shape index (κ1) is 22.7. The zero-order valence-electron chi connectivity index (χ0n) is 16.4. The predicted octanol–water partition coefficient (Wildman–Crippen LogP) is 0.0305. The van der Waals surface area contributed by atoms with Gasteiger partial charge in [0, 0.05) is 4.43 Å². The maximum atomic E-state index is 14.3. The molecule has 1 aliphatic heterocycles. The molecule has 1 fully saturated rings. The third-order valence-electron chi connectivity index (χ3n) is 5.08. The first-order valence-electron chi connectivity index (χ1n) is 9.51. The van der Waals surface area contributed by atoms with Crippen molar-refractivity contribution in [3.8, 4) is 0 Å². The van der Waals surface area contributed by atoms with E-state index in [-0.39, 0.29) is 24.6 Å². The number of hydrogen-bond acceptors (Lipinski definition) is 7. The van der Waals surface area contributed by atoms with E-state index in [1.165, 1.54) is 23.0 Å². The molecule has 0 amide bonds. The molecular weight excluding hydrogens is 543 g/mol. The first-order chi connectivity index (χ1) is 15.3. The summed E-state index contributed by atoms with van der Waals surface area (Å²) in [6.07, 6.45) is -2.72. The summed E-state index contributed by atoms with van der Waals surface area (Å²) in [5, 5.41) is 28.1. The number of benzene rings is 1. The van der Waals surface area contributed by atoms with Crippen molar-refractivity contribution in [3.63, 3.8) is 0 Å². The summed E-state index contributed by atoms with van der Waals surface area (Å²) in [6, 6.07) is 5.77. The van der Waals surface area contributed by atoms with Gasteiger partial charge in [-0.3, -0.25) is 13.9 Å². The van der Waals surface area contributed by atoms with Crippen molar-refractivity contribution >= 4 is 22.6 Å². The number of alkyl halides is 1. The smallest absolute Gasteiger partial charge is 0.333 e. The summed E-state index contributed by atoms with van der Waals surface area (Å²) in [5.41, 5.74) is -1.14. The second-order valence-corrected chi connectivity index (χ2v) is 8.17. The van der Waals surface area contributed by atoms with E-state index in [1.807, 2.05) is 22.6 Å². The number of rotatable bonds is 6. The highest BCUT2D eigenvalue weighted by atomic mass is 127. The van der Waals surface area contributed by atoms with Crippen LogP contribution in [0.15, 0.2) is 46.2 Å². The molecule has 10 nitrogen and oxygen atoms in total. The van der Waals surface area contributed by atoms with E-state index in [0.29, 0.717) is 15.2 Å². The van der Waals surface area contributed by atoms with Gasteiger partial charge in [-0.15, -0.1) is 5.10 Å². The molecule has 1 aromatic carbocycles. The van der Waals surface area contributed by atoms with Crippen LogP contribution in [0.4, 0.5) is 8.78 Å². The lowest BCUT2D eigenvalue weighted by atomic mass is 10.1. The molecule has 13 heteroatoms. The monoisotopic (exact) mass is 561 g/mol. The van der Waals surface area contributed by atoms with Gasteiger partial charge in [-0.25, -0.2) is 13.9 Å². The average molecular weight is 561 g/mol. The fraction of sp³-hybridized carbons (Fsp3) is 0.368. The van der Waals surface area contributed by atoms with Crippen LogP contribution in [-0.4, -0.2) is 57.1 Å². The standard InChI is InChI=1S/C19H18F2IN5O5/c20-11-3-1-10(2-4-11)6-25-7-12(23-24-25)8-26-17(30)13(21)9-27(19(26)31)18-16(29)15(28)14(5-22)32-18/h1-4,7,9,14-16,18,28-29H,5-6,8H2. The maximum Gasteiger partial charge on any atom is 0.333 e. The van der Waals surface area contributed by atoms with Gasteiger partial charge in [-0.1, -0.05) is 39.9 Å². The zero-order chi connectivity index (χ0) is 23.0. The number of aromatic nitrogens is 5. The van der Waals surface area contributed by atoms with Crippen LogP contribution in [0.1, 0.15) is 17.5 Å². The second-order valence-electron chi connectivity index (χ2n) is 7.29. The molecule has 2 aromatic heterocycles. The van der Waals surface area contributed by atoms with Crippen molar-refractivity contribution in [2.45, 2.75) is 37.6 Å². The van der Waals surface area contributed by atoms with E-state index >= 15 is 0 Å². The average Bonchev–Trinajstić information content (AvgIpc) is 3.34. The van der Waals surface area contributed by atoms with Gasteiger partial charge in [0.15, 0.2) is 6.23 Å². The Hall–Kier alpha value is -2.49. The van der Waals surface area contributed by atoms with Crippen LogP contribution in [0.25, 0.3) is 0 Å². The van der Waals surface area contributed by atoms with Gasteiger partial charge in [0.1, 0.15) is 23.7 Å². The molecule has 3 heterocycles. The van der Waals surface area contributed by atoms with Crippen molar-refractivity contribution in [2.24, 2.45) is 0 Å². The lowest BCUT2D eigenvalue weighted by Gasteiger charge is -2.18. The van der Waals surface area contributed by atoms with Gasteiger partial charge in [0.05, 0.1) is 31.6 Å². The Morgan fingerprint density at radius 3 is 2.44 bits per heavy atom. The highest BCUT2D eigenvalue weighted by molar-refractivity contribution is 14.1. The second kappa shape index (κ2) is 9.17. The van der Waals surface area contributed by atoms with Crippen LogP contribution < -0.4 is 11.2 Å². The molecule has 0 radical (unpaired) electrons. The van der Waals surface area contributed by atoms with Crippen molar-refractivity contribution < 1.29 is 23.7 Å². The topological polar surface area (TPSA) is 124 Å². The molecule has 3 aromatic rings. The minimum Gasteiger partial charge on any atom is -0.387 e. The van der Waals surface area contributed by atoms with E-state index in [4.69, 9.17) is 4.74 Å². The maximum absolute atomic E-state index is 14.3. The predicted molar refractivity (Wildman–Crippen MR) is 114 cm³/mol. The molecule has 4 rings (SSSR count). The molecule has 0 bridgehead atoms. The summed E-state index contributed by atoms with van der Waals surface area (Å²) < 4.78 is 36.0. The summed E-state index contributed by atoms with van der Waals surface area (Å²) in [4.78, 5) is 25.2. The molecule has 170 valence electrons. The molecule has 0 aliphatic carbocycles. The summed E-state index contributed by atoms with van der Waals surface area (Å²) in [6.45, 7) is -0.104. The van der Waals surface area contributed by atoms with Gasteiger partial charge in [-0.2, -0.15) is 4.39 Å². The Morgan fingerprint density at radius 1 is 1.06 bits per heavy atom. The molecule has 4 atom stereocenters. The lowest BCUT2D eigenvalue weighted by molar-refractivity contribution is -0.0348.